The highest BCUT2D eigenvalue weighted by molar-refractivity contribution is 5.95. The Morgan fingerprint density at radius 3 is 2.08 bits per heavy atom. The van der Waals surface area contributed by atoms with Gasteiger partial charge in [0, 0.05) is 30.9 Å². The summed E-state index contributed by atoms with van der Waals surface area (Å²) in [6, 6.07) is 5.42. The van der Waals surface area contributed by atoms with Crippen molar-refractivity contribution in [3.63, 3.8) is 0 Å². The van der Waals surface area contributed by atoms with E-state index in [4.69, 9.17) is 4.74 Å². The van der Waals surface area contributed by atoms with Crippen LogP contribution in [0, 0.1) is 0 Å². The molecule has 1 atom stereocenters. The van der Waals surface area contributed by atoms with E-state index in [1.54, 1.807) is 0 Å². The molecule has 0 aromatic heterocycles. The van der Waals surface area contributed by atoms with Crippen LogP contribution < -0.4 is 0 Å². The largest absolute Gasteiger partial charge is 0.421 e. The van der Waals surface area contributed by atoms with E-state index in [0.717, 1.165) is 25.7 Å². The highest BCUT2D eigenvalue weighted by Crippen LogP contribution is 2.39. The molecule has 0 radical (unpaired) electrons. The van der Waals surface area contributed by atoms with Crippen molar-refractivity contribution in [3.05, 3.63) is 35.4 Å². The van der Waals surface area contributed by atoms with Crippen LogP contribution in [0.4, 0.5) is 13.2 Å². The van der Waals surface area contributed by atoms with Crippen molar-refractivity contribution in [2.24, 2.45) is 0 Å². The van der Waals surface area contributed by atoms with Gasteiger partial charge in [-0.15, -0.1) is 0 Å². The zero-order chi connectivity index (χ0) is 18.2. The van der Waals surface area contributed by atoms with Gasteiger partial charge in [0.25, 0.3) is 5.91 Å². The molecule has 25 heavy (non-hydrogen) atoms. The Balaban J connectivity index is 1.79. The lowest BCUT2D eigenvalue weighted by atomic mass is 9.94. The molecule has 1 amide bonds. The smallest absolute Gasteiger partial charge is 0.381 e. The van der Waals surface area contributed by atoms with Crippen molar-refractivity contribution < 1.29 is 27.8 Å². The molecule has 7 heteroatoms. The van der Waals surface area contributed by atoms with Gasteiger partial charge in [-0.25, -0.2) is 0 Å². The van der Waals surface area contributed by atoms with Crippen molar-refractivity contribution in [3.8, 4) is 0 Å². The molecule has 1 aromatic rings. The van der Waals surface area contributed by atoms with Gasteiger partial charge in [-0.2, -0.15) is 13.2 Å². The fourth-order valence-electron chi connectivity index (χ4n) is 3.20. The molecule has 138 valence electrons. The van der Waals surface area contributed by atoms with E-state index in [-0.39, 0.29) is 23.6 Å². The topological polar surface area (TPSA) is 49.8 Å². The number of nitrogens with zero attached hydrogens (tertiary/aromatic N) is 1. The Morgan fingerprint density at radius 1 is 1.08 bits per heavy atom. The Bertz CT molecular complexity index is 617. The predicted octanol–water partition coefficient (Wildman–Crippen LogP) is 3.24. The number of carbonyl (C=O) groups is 1. The molecule has 1 N–H and O–H groups in total. The number of aliphatic hydroxyl groups is 1. The Labute approximate surface area is 144 Å². The van der Waals surface area contributed by atoms with Gasteiger partial charge >= 0.3 is 6.18 Å². The maximum atomic E-state index is 12.9. The van der Waals surface area contributed by atoms with Crippen LogP contribution in [0.5, 0.6) is 0 Å². The Morgan fingerprint density at radius 2 is 1.60 bits per heavy atom. The zero-order valence-electron chi connectivity index (χ0n) is 14.1. The Hall–Kier alpha value is -1.60. The summed E-state index contributed by atoms with van der Waals surface area (Å²) in [5.41, 5.74) is -2.87. The van der Waals surface area contributed by atoms with E-state index in [1.165, 1.54) is 24.3 Å². The second-order valence-corrected chi connectivity index (χ2v) is 6.93. The minimum absolute atomic E-state index is 0.117. The number of hydrogen-bond acceptors (Lipinski definition) is 3. The number of hydrogen-bond donors (Lipinski definition) is 1. The van der Waals surface area contributed by atoms with Crippen LogP contribution in [0.15, 0.2) is 24.3 Å². The zero-order valence-corrected chi connectivity index (χ0v) is 14.1. The third-order valence-electron chi connectivity index (χ3n) is 5.00. The summed E-state index contributed by atoms with van der Waals surface area (Å²) in [6.45, 7) is 1.95. The van der Waals surface area contributed by atoms with E-state index in [0.29, 0.717) is 25.7 Å². The molecule has 1 saturated carbocycles. The first-order valence-corrected chi connectivity index (χ1v) is 8.52. The number of ether oxygens (including phenoxy) is 1. The molecule has 0 spiro atoms. The Kier molecular flexibility index (Phi) is 4.81. The molecule has 2 aliphatic rings. The summed E-state index contributed by atoms with van der Waals surface area (Å²) in [7, 11) is 0. The van der Waals surface area contributed by atoms with Crippen LogP contribution in [0.3, 0.4) is 0 Å². The average Bonchev–Trinajstić information content (AvgIpc) is 3.40. The van der Waals surface area contributed by atoms with Crippen LogP contribution in [0.25, 0.3) is 0 Å². The van der Waals surface area contributed by atoms with Gasteiger partial charge in [0.15, 0.2) is 5.60 Å². The van der Waals surface area contributed by atoms with Gasteiger partial charge in [0.1, 0.15) is 0 Å². The summed E-state index contributed by atoms with van der Waals surface area (Å²) < 4.78 is 44.1. The van der Waals surface area contributed by atoms with E-state index in [1.807, 2.05) is 4.90 Å². The maximum Gasteiger partial charge on any atom is 0.421 e. The molecule has 2 fully saturated rings. The predicted molar refractivity (Wildman–Crippen MR) is 85.1 cm³/mol. The number of rotatable bonds is 4. The fourth-order valence-corrected chi connectivity index (χ4v) is 3.20. The minimum Gasteiger partial charge on any atom is -0.381 e. The quantitative estimate of drug-likeness (QED) is 0.900. The van der Waals surface area contributed by atoms with Crippen LogP contribution in [-0.2, 0) is 10.3 Å². The maximum absolute atomic E-state index is 12.9. The van der Waals surface area contributed by atoms with Crippen LogP contribution in [-0.4, -0.2) is 47.4 Å². The molecule has 0 bridgehead atoms. The van der Waals surface area contributed by atoms with Crippen LogP contribution in [0.2, 0.25) is 0 Å². The van der Waals surface area contributed by atoms with E-state index in [9.17, 15) is 23.1 Å². The molecule has 1 unspecified atom stereocenters. The summed E-state index contributed by atoms with van der Waals surface area (Å²) in [5, 5.41) is 9.73. The number of halogens is 3. The normalized spacial score (nSPS) is 21.6. The molecule has 1 aromatic carbocycles. The highest BCUT2D eigenvalue weighted by Gasteiger charge is 2.51. The van der Waals surface area contributed by atoms with Crippen LogP contribution in [0.1, 0.15) is 48.5 Å². The van der Waals surface area contributed by atoms with Gasteiger partial charge < -0.3 is 14.7 Å². The van der Waals surface area contributed by atoms with Gasteiger partial charge in [-0.3, -0.25) is 4.79 Å². The molecule has 1 aliphatic heterocycles. The molecule has 3 rings (SSSR count). The SMILES string of the molecule is CC(O)(c1ccc(C(=O)N(C2CCOCC2)C2CC2)cc1)C(F)(F)F. The summed E-state index contributed by atoms with van der Waals surface area (Å²) in [5.74, 6) is -0.160. The third kappa shape index (κ3) is 3.67. The van der Waals surface area contributed by atoms with Crippen molar-refractivity contribution in [2.45, 2.75) is 56.5 Å². The summed E-state index contributed by atoms with van der Waals surface area (Å²) in [4.78, 5) is 14.8. The monoisotopic (exact) mass is 357 g/mol. The van der Waals surface area contributed by atoms with E-state index >= 15 is 0 Å². The van der Waals surface area contributed by atoms with Gasteiger partial charge in [0.2, 0.25) is 0 Å². The molecule has 1 heterocycles. The second kappa shape index (κ2) is 6.61. The van der Waals surface area contributed by atoms with Crippen molar-refractivity contribution in [2.75, 3.05) is 13.2 Å². The molecule has 1 aliphatic carbocycles. The number of benzene rings is 1. The highest BCUT2D eigenvalue weighted by atomic mass is 19.4. The van der Waals surface area contributed by atoms with Crippen LogP contribution >= 0.6 is 0 Å². The fraction of sp³-hybridized carbons (Fsp3) is 0.611. The van der Waals surface area contributed by atoms with Crippen molar-refractivity contribution >= 4 is 5.91 Å². The second-order valence-electron chi connectivity index (χ2n) is 6.93. The van der Waals surface area contributed by atoms with E-state index in [2.05, 4.69) is 0 Å². The number of amides is 1. The molecule has 1 saturated heterocycles. The lowest BCUT2D eigenvalue weighted by Gasteiger charge is -2.34. The van der Waals surface area contributed by atoms with Crippen molar-refractivity contribution in [1.29, 1.82) is 0 Å². The summed E-state index contributed by atoms with van der Waals surface area (Å²) >= 11 is 0. The van der Waals surface area contributed by atoms with Crippen molar-refractivity contribution in [1.82, 2.24) is 4.90 Å². The van der Waals surface area contributed by atoms with Gasteiger partial charge in [-0.05, 0) is 50.3 Å². The minimum atomic E-state index is -4.78. The molecule has 4 nitrogen and oxygen atoms in total. The number of alkyl halides is 3. The average molecular weight is 357 g/mol. The number of carbonyl (C=O) groups excluding carboxylic acids is 1. The summed E-state index contributed by atoms with van der Waals surface area (Å²) in [6.07, 6.45) is -1.29. The lowest BCUT2D eigenvalue weighted by molar-refractivity contribution is -0.258. The van der Waals surface area contributed by atoms with Gasteiger partial charge in [-0.1, -0.05) is 12.1 Å². The molecular weight excluding hydrogens is 335 g/mol. The third-order valence-corrected chi connectivity index (χ3v) is 5.00. The first-order valence-electron chi connectivity index (χ1n) is 8.52. The first-order chi connectivity index (χ1) is 11.7. The van der Waals surface area contributed by atoms with Gasteiger partial charge in [0.05, 0.1) is 0 Å². The lowest BCUT2D eigenvalue weighted by Crippen LogP contribution is -2.45. The standard InChI is InChI=1S/C18H22F3NO3/c1-17(24,18(19,20)21)13-4-2-12(3-5-13)16(23)22(14-6-7-14)15-8-10-25-11-9-15/h2-5,14-15,24H,6-11H2,1H3. The first kappa shape index (κ1) is 18.2. The van der Waals surface area contributed by atoms with E-state index < -0.39 is 11.8 Å². The molecular formula is C18H22F3NO3.